The molecule has 22 heavy (non-hydrogen) atoms. The van der Waals surface area contributed by atoms with E-state index in [0.717, 1.165) is 37.7 Å². The number of hydrogen-bond acceptors (Lipinski definition) is 2. The molecule has 0 radical (unpaired) electrons. The molecule has 0 aliphatic heterocycles. The van der Waals surface area contributed by atoms with Crippen molar-refractivity contribution >= 4 is 12.1 Å². The lowest BCUT2D eigenvalue weighted by molar-refractivity contribution is -0.108. The molecule has 0 aromatic heterocycles. The van der Waals surface area contributed by atoms with Crippen LogP contribution in [0.4, 0.5) is 5.69 Å². The first-order valence-electron chi connectivity index (χ1n) is 7.61. The molecule has 0 atom stereocenters. The van der Waals surface area contributed by atoms with E-state index in [1.807, 2.05) is 36.4 Å². The number of nitrogens with zero attached hydrogens (tertiary/aromatic N) is 2. The van der Waals surface area contributed by atoms with Gasteiger partial charge in [0, 0.05) is 0 Å². The van der Waals surface area contributed by atoms with Crippen molar-refractivity contribution in [3.05, 3.63) is 65.7 Å². The molecule has 1 fully saturated rings. The van der Waals surface area contributed by atoms with Gasteiger partial charge in [-0.1, -0.05) is 55.3 Å². The zero-order chi connectivity index (χ0) is 15.4. The fourth-order valence-electron chi connectivity index (χ4n) is 3.54. The van der Waals surface area contributed by atoms with Crippen molar-refractivity contribution in [2.24, 2.45) is 0 Å². The van der Waals surface area contributed by atoms with Crippen LogP contribution in [0.25, 0.3) is 0 Å². The highest BCUT2D eigenvalue weighted by atomic mass is 16.1. The summed E-state index contributed by atoms with van der Waals surface area (Å²) >= 11 is 0. The van der Waals surface area contributed by atoms with Crippen molar-refractivity contribution in [3.8, 4) is 6.07 Å². The number of carbonyl (C=O) groups is 1. The standard InChI is InChI=1S/C19H18N2O/c20-14-16-8-4-5-11-18(16)21(15-22)19(12-6-7-13-19)17-9-2-1-3-10-17/h1-5,8-11,15H,6-7,12-13H2. The van der Waals surface area contributed by atoms with Gasteiger partial charge in [0.25, 0.3) is 0 Å². The number of benzene rings is 2. The smallest absolute Gasteiger partial charge is 0.214 e. The summed E-state index contributed by atoms with van der Waals surface area (Å²) in [6.07, 6.45) is 4.92. The third kappa shape index (κ3) is 2.27. The lowest BCUT2D eigenvalue weighted by Crippen LogP contribution is -2.44. The average molecular weight is 290 g/mol. The predicted molar refractivity (Wildman–Crippen MR) is 86.3 cm³/mol. The molecule has 3 nitrogen and oxygen atoms in total. The van der Waals surface area contributed by atoms with Crippen LogP contribution in [0, 0.1) is 11.3 Å². The summed E-state index contributed by atoms with van der Waals surface area (Å²) < 4.78 is 0. The normalized spacial score (nSPS) is 16.0. The van der Waals surface area contributed by atoms with E-state index in [0.29, 0.717) is 11.3 Å². The minimum absolute atomic E-state index is 0.337. The van der Waals surface area contributed by atoms with Gasteiger partial charge in [-0.2, -0.15) is 5.26 Å². The molecule has 1 saturated carbocycles. The SMILES string of the molecule is N#Cc1ccccc1N(C=O)C1(c2ccccc2)CCCC1. The molecule has 0 saturated heterocycles. The molecule has 1 aliphatic rings. The van der Waals surface area contributed by atoms with Crippen LogP contribution in [-0.4, -0.2) is 6.41 Å². The second-order valence-corrected chi connectivity index (χ2v) is 5.71. The van der Waals surface area contributed by atoms with Gasteiger partial charge in [0.2, 0.25) is 6.41 Å². The number of para-hydroxylation sites is 1. The zero-order valence-corrected chi connectivity index (χ0v) is 12.4. The van der Waals surface area contributed by atoms with Crippen LogP contribution in [0.5, 0.6) is 0 Å². The van der Waals surface area contributed by atoms with Crippen LogP contribution in [0.15, 0.2) is 54.6 Å². The van der Waals surface area contributed by atoms with Gasteiger partial charge in [-0.15, -0.1) is 0 Å². The van der Waals surface area contributed by atoms with Gasteiger partial charge in [-0.25, -0.2) is 0 Å². The summed E-state index contributed by atoms with van der Waals surface area (Å²) in [6.45, 7) is 0. The van der Waals surface area contributed by atoms with E-state index in [1.165, 1.54) is 0 Å². The summed E-state index contributed by atoms with van der Waals surface area (Å²) in [6, 6.07) is 19.7. The van der Waals surface area contributed by atoms with Gasteiger partial charge in [0.15, 0.2) is 0 Å². The van der Waals surface area contributed by atoms with Crippen LogP contribution in [0.2, 0.25) is 0 Å². The highest BCUT2D eigenvalue weighted by Gasteiger charge is 2.42. The number of hydrogen-bond donors (Lipinski definition) is 0. The van der Waals surface area contributed by atoms with E-state index < -0.39 is 0 Å². The fraction of sp³-hybridized carbons (Fsp3) is 0.263. The molecule has 0 unspecified atom stereocenters. The number of carbonyl (C=O) groups excluding carboxylic acids is 1. The maximum Gasteiger partial charge on any atom is 0.214 e. The van der Waals surface area contributed by atoms with E-state index in [1.54, 1.807) is 11.0 Å². The van der Waals surface area contributed by atoms with Crippen molar-refractivity contribution < 1.29 is 4.79 Å². The molecule has 1 amide bonds. The van der Waals surface area contributed by atoms with Gasteiger partial charge < -0.3 is 4.90 Å². The Labute approximate surface area is 130 Å². The highest BCUT2D eigenvalue weighted by Crippen LogP contribution is 2.45. The van der Waals surface area contributed by atoms with Gasteiger partial charge in [-0.05, 0) is 30.5 Å². The van der Waals surface area contributed by atoms with Crippen LogP contribution < -0.4 is 4.90 Å². The molecule has 0 heterocycles. The summed E-state index contributed by atoms with van der Waals surface area (Å²) in [5.41, 5.74) is 2.05. The van der Waals surface area contributed by atoms with Crippen molar-refractivity contribution in [1.82, 2.24) is 0 Å². The predicted octanol–water partition coefficient (Wildman–Crippen LogP) is 3.99. The van der Waals surface area contributed by atoms with Gasteiger partial charge >= 0.3 is 0 Å². The molecule has 0 spiro atoms. The van der Waals surface area contributed by atoms with E-state index in [-0.39, 0.29) is 5.54 Å². The topological polar surface area (TPSA) is 44.1 Å². The van der Waals surface area contributed by atoms with Gasteiger partial charge in [0.05, 0.1) is 16.8 Å². The van der Waals surface area contributed by atoms with Gasteiger partial charge in [-0.3, -0.25) is 4.79 Å². The second kappa shape index (κ2) is 6.03. The Morgan fingerprint density at radius 2 is 1.64 bits per heavy atom. The Morgan fingerprint density at radius 3 is 2.27 bits per heavy atom. The maximum atomic E-state index is 12.0. The molecule has 3 heteroatoms. The van der Waals surface area contributed by atoms with Gasteiger partial charge in [0.1, 0.15) is 6.07 Å². The Balaban J connectivity index is 2.15. The van der Waals surface area contributed by atoms with E-state index in [2.05, 4.69) is 18.2 Å². The summed E-state index contributed by atoms with van der Waals surface area (Å²) in [5, 5.41) is 9.37. The summed E-state index contributed by atoms with van der Waals surface area (Å²) in [7, 11) is 0. The van der Waals surface area contributed by atoms with Crippen LogP contribution in [0.3, 0.4) is 0 Å². The second-order valence-electron chi connectivity index (χ2n) is 5.71. The molecule has 110 valence electrons. The van der Waals surface area contributed by atoms with Crippen LogP contribution in [-0.2, 0) is 10.3 Å². The van der Waals surface area contributed by atoms with E-state index in [4.69, 9.17) is 0 Å². The highest BCUT2D eigenvalue weighted by molar-refractivity contribution is 5.81. The molecule has 0 N–H and O–H groups in total. The first kappa shape index (κ1) is 14.3. The van der Waals surface area contributed by atoms with Crippen molar-refractivity contribution in [3.63, 3.8) is 0 Å². The molecule has 2 aromatic carbocycles. The van der Waals surface area contributed by atoms with E-state index in [9.17, 15) is 10.1 Å². The lowest BCUT2D eigenvalue weighted by Gasteiger charge is -2.40. The van der Waals surface area contributed by atoms with E-state index >= 15 is 0 Å². The quantitative estimate of drug-likeness (QED) is 0.799. The number of anilines is 1. The van der Waals surface area contributed by atoms with Crippen molar-refractivity contribution in [1.29, 1.82) is 5.26 Å². The Morgan fingerprint density at radius 1 is 1.00 bits per heavy atom. The molecule has 1 aliphatic carbocycles. The molecular weight excluding hydrogens is 272 g/mol. The lowest BCUT2D eigenvalue weighted by atomic mass is 9.85. The monoisotopic (exact) mass is 290 g/mol. The summed E-state index contributed by atoms with van der Waals surface area (Å²) in [5.74, 6) is 0. The molecule has 3 rings (SSSR count). The number of rotatable bonds is 4. The first-order valence-corrected chi connectivity index (χ1v) is 7.61. The van der Waals surface area contributed by atoms with Crippen molar-refractivity contribution in [2.75, 3.05) is 4.90 Å². The van der Waals surface area contributed by atoms with Crippen LogP contribution in [0.1, 0.15) is 36.8 Å². The third-order valence-corrected chi connectivity index (χ3v) is 4.59. The Kier molecular flexibility index (Phi) is 3.93. The first-order chi connectivity index (χ1) is 10.8. The zero-order valence-electron chi connectivity index (χ0n) is 12.4. The Hall–Kier alpha value is -2.60. The minimum atomic E-state index is -0.337. The van der Waals surface area contributed by atoms with Crippen LogP contribution >= 0.6 is 0 Å². The Bertz CT molecular complexity index is 697. The third-order valence-electron chi connectivity index (χ3n) is 4.59. The number of nitriles is 1. The minimum Gasteiger partial charge on any atom is -0.303 e. The largest absolute Gasteiger partial charge is 0.303 e. The van der Waals surface area contributed by atoms with Crippen molar-refractivity contribution in [2.45, 2.75) is 31.2 Å². The number of amides is 1. The molecule has 0 bridgehead atoms. The molecular formula is C19H18N2O. The molecule has 2 aromatic rings. The fourth-order valence-corrected chi connectivity index (χ4v) is 3.54. The maximum absolute atomic E-state index is 12.0. The average Bonchev–Trinajstić information content (AvgIpc) is 3.07. The summed E-state index contributed by atoms with van der Waals surface area (Å²) in [4.78, 5) is 13.7.